The maximum Gasteiger partial charge on any atom is 0.319 e. The maximum absolute atomic E-state index is 13.4. The first-order chi connectivity index (χ1) is 13.8. The van der Waals surface area contributed by atoms with Crippen molar-refractivity contribution in [2.24, 2.45) is 17.8 Å². The van der Waals surface area contributed by atoms with E-state index in [4.69, 9.17) is 11.6 Å². The van der Waals surface area contributed by atoms with Crippen LogP contribution >= 0.6 is 11.6 Å². The van der Waals surface area contributed by atoms with Crippen molar-refractivity contribution < 1.29 is 14.7 Å². The van der Waals surface area contributed by atoms with E-state index in [1.54, 1.807) is 12.1 Å². The molecule has 6 heteroatoms. The summed E-state index contributed by atoms with van der Waals surface area (Å²) in [5.74, 6) is 1.91. The molecule has 2 amide bonds. The van der Waals surface area contributed by atoms with Crippen LogP contribution in [0.4, 0.5) is 4.79 Å². The molecule has 1 saturated carbocycles. The number of hydrogen-bond acceptors (Lipinski definition) is 3. The fourth-order valence-corrected chi connectivity index (χ4v) is 4.80. The molecule has 158 valence electrons. The van der Waals surface area contributed by atoms with Gasteiger partial charge in [-0.3, -0.25) is 4.79 Å². The fourth-order valence-electron chi connectivity index (χ4n) is 4.61. The number of carbonyl (C=O) groups excluding carboxylic acids is 2. The summed E-state index contributed by atoms with van der Waals surface area (Å²) in [6.45, 7) is 6.49. The third kappa shape index (κ3) is 4.95. The normalized spacial score (nSPS) is 25.0. The summed E-state index contributed by atoms with van der Waals surface area (Å²) >= 11 is 6.08. The summed E-state index contributed by atoms with van der Waals surface area (Å²) in [4.78, 5) is 25.5. The standard InChI is InChI=1S/C23H31ClN2O3/c1-4-18-21(20(28)11-14-5-7-15(8-6-14)13(2)3)22(26-23(29)25-18)16-9-10-19(27)17(24)12-16/h9-10,12-15,22,27H,4-8,11H2,1-3H3,(H2,25,26,29)/t14?,15?,22-/m0/s1. The molecular formula is C23H31ClN2O3. The van der Waals surface area contributed by atoms with Crippen LogP contribution in [0.5, 0.6) is 5.75 Å². The Morgan fingerprint density at radius 3 is 2.52 bits per heavy atom. The van der Waals surface area contributed by atoms with Crippen LogP contribution in [0.15, 0.2) is 29.5 Å². The van der Waals surface area contributed by atoms with Crippen molar-refractivity contribution in [2.75, 3.05) is 0 Å². The average molecular weight is 419 g/mol. The molecular weight excluding hydrogens is 388 g/mol. The molecule has 1 aromatic rings. The molecule has 0 bridgehead atoms. The molecule has 29 heavy (non-hydrogen) atoms. The number of urea groups is 1. The Morgan fingerprint density at radius 1 is 1.24 bits per heavy atom. The number of rotatable bonds is 6. The maximum atomic E-state index is 13.4. The number of amides is 2. The number of benzene rings is 1. The van der Waals surface area contributed by atoms with Crippen molar-refractivity contribution in [3.63, 3.8) is 0 Å². The molecule has 1 aromatic carbocycles. The second kappa shape index (κ2) is 9.21. The van der Waals surface area contributed by atoms with Crippen molar-refractivity contribution in [3.8, 4) is 5.75 Å². The molecule has 2 aliphatic rings. The lowest BCUT2D eigenvalue weighted by atomic mass is 9.74. The molecule has 1 aliphatic heterocycles. The van der Waals surface area contributed by atoms with Gasteiger partial charge in [0, 0.05) is 17.7 Å². The smallest absolute Gasteiger partial charge is 0.319 e. The van der Waals surface area contributed by atoms with Crippen LogP contribution in [0.3, 0.4) is 0 Å². The van der Waals surface area contributed by atoms with E-state index in [-0.39, 0.29) is 22.6 Å². The van der Waals surface area contributed by atoms with Gasteiger partial charge >= 0.3 is 6.03 Å². The van der Waals surface area contributed by atoms with E-state index in [9.17, 15) is 14.7 Å². The number of phenolic OH excluding ortho intramolecular Hbond substituents is 1. The van der Waals surface area contributed by atoms with E-state index in [1.807, 2.05) is 6.92 Å². The van der Waals surface area contributed by atoms with Crippen LogP contribution in [0, 0.1) is 17.8 Å². The Morgan fingerprint density at radius 2 is 1.93 bits per heavy atom. The highest BCUT2D eigenvalue weighted by Crippen LogP contribution is 2.38. The zero-order valence-electron chi connectivity index (χ0n) is 17.4. The van der Waals surface area contributed by atoms with Crippen molar-refractivity contribution in [3.05, 3.63) is 40.1 Å². The van der Waals surface area contributed by atoms with E-state index in [0.717, 1.165) is 18.8 Å². The first-order valence-corrected chi connectivity index (χ1v) is 11.0. The highest BCUT2D eigenvalue weighted by molar-refractivity contribution is 6.32. The van der Waals surface area contributed by atoms with Crippen LogP contribution in [-0.2, 0) is 4.79 Å². The number of phenols is 1. The molecule has 0 saturated heterocycles. The van der Waals surface area contributed by atoms with E-state index in [1.165, 1.54) is 18.9 Å². The Labute approximate surface area is 177 Å². The minimum absolute atomic E-state index is 0.0230. The zero-order valence-corrected chi connectivity index (χ0v) is 18.2. The van der Waals surface area contributed by atoms with Gasteiger partial charge in [-0.05, 0) is 67.6 Å². The number of hydrogen-bond donors (Lipinski definition) is 3. The second-order valence-electron chi connectivity index (χ2n) is 8.64. The van der Waals surface area contributed by atoms with Crippen LogP contribution < -0.4 is 10.6 Å². The van der Waals surface area contributed by atoms with Crippen LogP contribution in [0.2, 0.25) is 5.02 Å². The molecule has 3 rings (SSSR count). The Hall–Kier alpha value is -2.01. The van der Waals surface area contributed by atoms with Crippen LogP contribution in [0.1, 0.15) is 70.9 Å². The summed E-state index contributed by atoms with van der Waals surface area (Å²) in [7, 11) is 0. The lowest BCUT2D eigenvalue weighted by molar-refractivity contribution is -0.117. The third-order valence-corrected chi connectivity index (χ3v) is 6.72. The van der Waals surface area contributed by atoms with Crippen molar-refractivity contribution >= 4 is 23.4 Å². The van der Waals surface area contributed by atoms with Crippen molar-refractivity contribution in [2.45, 2.75) is 65.3 Å². The lowest BCUT2D eigenvalue weighted by Gasteiger charge is -2.33. The number of ketones is 1. The molecule has 1 fully saturated rings. The summed E-state index contributed by atoms with van der Waals surface area (Å²) in [6.07, 6.45) is 5.60. The number of aromatic hydroxyl groups is 1. The summed E-state index contributed by atoms with van der Waals surface area (Å²) in [5.41, 5.74) is 1.98. The molecule has 1 atom stereocenters. The third-order valence-electron chi connectivity index (χ3n) is 6.42. The van der Waals surface area contributed by atoms with Gasteiger partial charge in [0.1, 0.15) is 5.75 Å². The van der Waals surface area contributed by atoms with Gasteiger partial charge in [0.2, 0.25) is 0 Å². The number of allylic oxidation sites excluding steroid dienone is 1. The Balaban J connectivity index is 1.83. The lowest BCUT2D eigenvalue weighted by Crippen LogP contribution is -2.45. The minimum atomic E-state index is -0.559. The average Bonchev–Trinajstić information content (AvgIpc) is 2.69. The van der Waals surface area contributed by atoms with Crippen LogP contribution in [-0.4, -0.2) is 16.9 Å². The molecule has 0 radical (unpaired) electrons. The summed E-state index contributed by atoms with van der Waals surface area (Å²) in [6, 6.07) is 3.92. The van der Waals surface area contributed by atoms with Gasteiger partial charge in [-0.25, -0.2) is 4.79 Å². The highest BCUT2D eigenvalue weighted by Gasteiger charge is 2.34. The highest BCUT2D eigenvalue weighted by atomic mass is 35.5. The number of carbonyl (C=O) groups is 2. The summed E-state index contributed by atoms with van der Waals surface area (Å²) < 4.78 is 0. The number of Topliss-reactive ketones (excluding diaryl/α,β-unsaturated/α-hetero) is 1. The van der Waals surface area contributed by atoms with Gasteiger partial charge in [0.25, 0.3) is 0 Å². The molecule has 1 aliphatic carbocycles. The van der Waals surface area contributed by atoms with Gasteiger partial charge in [-0.1, -0.05) is 38.4 Å². The number of halogens is 1. The van der Waals surface area contributed by atoms with Gasteiger partial charge < -0.3 is 15.7 Å². The molecule has 0 unspecified atom stereocenters. The van der Waals surface area contributed by atoms with Gasteiger partial charge in [0.15, 0.2) is 5.78 Å². The molecule has 0 aromatic heterocycles. The van der Waals surface area contributed by atoms with Crippen molar-refractivity contribution in [1.29, 1.82) is 0 Å². The molecule has 5 nitrogen and oxygen atoms in total. The number of nitrogens with one attached hydrogen (secondary N) is 2. The van der Waals surface area contributed by atoms with Crippen molar-refractivity contribution in [1.82, 2.24) is 10.6 Å². The topological polar surface area (TPSA) is 78.4 Å². The Kier molecular flexibility index (Phi) is 6.89. The van der Waals surface area contributed by atoms with E-state index in [0.29, 0.717) is 41.5 Å². The molecule has 3 N–H and O–H groups in total. The molecule has 0 spiro atoms. The van der Waals surface area contributed by atoms with Gasteiger partial charge in [0.05, 0.1) is 11.1 Å². The molecule has 1 heterocycles. The van der Waals surface area contributed by atoms with E-state index >= 15 is 0 Å². The predicted octanol–water partition coefficient (Wildman–Crippen LogP) is 5.49. The van der Waals surface area contributed by atoms with Gasteiger partial charge in [-0.2, -0.15) is 0 Å². The largest absolute Gasteiger partial charge is 0.506 e. The minimum Gasteiger partial charge on any atom is -0.506 e. The quantitative estimate of drug-likeness (QED) is 0.571. The van der Waals surface area contributed by atoms with E-state index < -0.39 is 6.04 Å². The SMILES string of the molecule is CCC1=C(C(=O)CC2CCC(C(C)C)CC2)[C@H](c2ccc(O)c(Cl)c2)NC(=O)N1. The summed E-state index contributed by atoms with van der Waals surface area (Å²) in [5, 5.41) is 15.6. The Bertz CT molecular complexity index is 810. The van der Waals surface area contributed by atoms with Crippen LogP contribution in [0.25, 0.3) is 0 Å². The first-order valence-electron chi connectivity index (χ1n) is 10.6. The first kappa shape index (κ1) is 21.7. The van der Waals surface area contributed by atoms with E-state index in [2.05, 4.69) is 24.5 Å². The fraction of sp³-hybridized carbons (Fsp3) is 0.565. The second-order valence-corrected chi connectivity index (χ2v) is 9.05. The van der Waals surface area contributed by atoms with Gasteiger partial charge in [-0.15, -0.1) is 0 Å². The predicted molar refractivity (Wildman–Crippen MR) is 115 cm³/mol. The monoisotopic (exact) mass is 418 g/mol. The zero-order chi connectivity index (χ0) is 21.1.